The molecule has 1 aromatic rings. The van der Waals surface area contributed by atoms with Crippen molar-refractivity contribution in [1.29, 1.82) is 0 Å². The van der Waals surface area contributed by atoms with Crippen molar-refractivity contribution in [2.45, 2.75) is 44.4 Å². The summed E-state index contributed by atoms with van der Waals surface area (Å²) in [5, 5.41) is 5.82. The van der Waals surface area contributed by atoms with Crippen molar-refractivity contribution in [1.82, 2.24) is 10.6 Å². The zero-order valence-corrected chi connectivity index (χ0v) is 16.4. The van der Waals surface area contributed by atoms with E-state index >= 15 is 0 Å². The number of ether oxygens (including phenoxy) is 1. The van der Waals surface area contributed by atoms with Crippen LogP contribution in [0.2, 0.25) is 0 Å². The lowest BCUT2D eigenvalue weighted by Gasteiger charge is -2.38. The van der Waals surface area contributed by atoms with E-state index in [1.165, 1.54) is 5.56 Å². The summed E-state index contributed by atoms with van der Waals surface area (Å²) in [5.41, 5.74) is 1.11. The third kappa shape index (κ3) is 6.12. The maximum Gasteiger partial charge on any atom is 0.220 e. The van der Waals surface area contributed by atoms with Crippen molar-refractivity contribution in [3.8, 4) is 0 Å². The molecular weight excluding hydrogens is 384 g/mol. The average Bonchev–Trinajstić information content (AvgIpc) is 2.63. The van der Waals surface area contributed by atoms with Crippen molar-refractivity contribution in [3.05, 3.63) is 34.3 Å². The number of amides is 2. The van der Waals surface area contributed by atoms with Crippen molar-refractivity contribution in [3.63, 3.8) is 0 Å². The Morgan fingerprint density at radius 3 is 2.48 bits per heavy atom. The summed E-state index contributed by atoms with van der Waals surface area (Å²) < 4.78 is 6.56. The summed E-state index contributed by atoms with van der Waals surface area (Å²) in [7, 11) is 0. The van der Waals surface area contributed by atoms with Gasteiger partial charge in [-0.3, -0.25) is 9.59 Å². The van der Waals surface area contributed by atoms with Gasteiger partial charge in [0.15, 0.2) is 0 Å². The van der Waals surface area contributed by atoms with E-state index in [4.69, 9.17) is 4.74 Å². The van der Waals surface area contributed by atoms with Crippen LogP contribution in [0.5, 0.6) is 0 Å². The van der Waals surface area contributed by atoms with Gasteiger partial charge in [0.2, 0.25) is 11.8 Å². The summed E-state index contributed by atoms with van der Waals surface area (Å²) in [5.74, 6) is -0.141. The first kappa shape index (κ1) is 19.9. The van der Waals surface area contributed by atoms with Crippen LogP contribution >= 0.6 is 15.9 Å². The Morgan fingerprint density at radius 2 is 1.84 bits per heavy atom. The van der Waals surface area contributed by atoms with Crippen LogP contribution in [-0.4, -0.2) is 38.1 Å². The third-order valence-corrected chi connectivity index (χ3v) is 5.16. The number of carbonyl (C=O) groups is 2. The molecule has 2 N–H and O–H groups in total. The number of carbonyl (C=O) groups excluding carboxylic acids is 2. The van der Waals surface area contributed by atoms with E-state index in [1.807, 2.05) is 19.1 Å². The minimum absolute atomic E-state index is 0.0650. The molecular formula is C19H27BrN2O3. The fourth-order valence-corrected chi connectivity index (χ4v) is 3.48. The fourth-order valence-electron chi connectivity index (χ4n) is 3.08. The van der Waals surface area contributed by atoms with Crippen LogP contribution in [0.3, 0.4) is 0 Å². The SMILES string of the molecule is CCCNC(=O)CCC(=O)NCC1(c2cccc(Br)c2)CCOCC1. The first-order valence-electron chi connectivity index (χ1n) is 8.93. The number of hydrogen-bond donors (Lipinski definition) is 2. The molecule has 1 aromatic carbocycles. The molecule has 0 saturated carbocycles. The van der Waals surface area contributed by atoms with Gasteiger partial charge in [-0.1, -0.05) is 35.0 Å². The first-order valence-corrected chi connectivity index (χ1v) is 9.72. The van der Waals surface area contributed by atoms with Crippen LogP contribution in [0.1, 0.15) is 44.6 Å². The Kier molecular flexibility index (Phi) is 7.90. The second kappa shape index (κ2) is 9.92. The molecule has 0 radical (unpaired) electrons. The highest BCUT2D eigenvalue weighted by Crippen LogP contribution is 2.35. The molecule has 0 bridgehead atoms. The maximum atomic E-state index is 12.2. The largest absolute Gasteiger partial charge is 0.381 e. The Bertz CT molecular complexity index is 586. The van der Waals surface area contributed by atoms with Gasteiger partial charge < -0.3 is 15.4 Å². The molecule has 5 nitrogen and oxygen atoms in total. The Hall–Kier alpha value is -1.40. The minimum atomic E-state index is -0.109. The van der Waals surface area contributed by atoms with Crippen molar-refractivity contribution < 1.29 is 14.3 Å². The molecule has 1 fully saturated rings. The second-order valence-electron chi connectivity index (χ2n) is 6.53. The summed E-state index contributed by atoms with van der Waals surface area (Å²) in [6.45, 7) is 4.63. The standard InChI is InChI=1S/C19H27BrN2O3/c1-2-10-21-17(23)6-7-18(24)22-14-19(8-11-25-12-9-19)15-4-3-5-16(20)13-15/h3-5,13H,2,6-12,14H2,1H3,(H,21,23)(H,22,24). The van der Waals surface area contributed by atoms with Crippen LogP contribution in [0, 0.1) is 0 Å². The molecule has 2 amide bonds. The molecule has 0 spiro atoms. The summed E-state index contributed by atoms with van der Waals surface area (Å²) in [4.78, 5) is 23.8. The second-order valence-corrected chi connectivity index (χ2v) is 7.45. The monoisotopic (exact) mass is 410 g/mol. The Labute approximate surface area is 158 Å². The van der Waals surface area contributed by atoms with Crippen molar-refractivity contribution in [2.24, 2.45) is 0 Å². The molecule has 0 aromatic heterocycles. The lowest BCUT2D eigenvalue weighted by Crippen LogP contribution is -2.44. The van der Waals surface area contributed by atoms with E-state index in [2.05, 4.69) is 38.7 Å². The number of benzene rings is 1. The van der Waals surface area contributed by atoms with E-state index in [9.17, 15) is 9.59 Å². The molecule has 1 saturated heterocycles. The number of halogens is 1. The van der Waals surface area contributed by atoms with E-state index in [0.717, 1.165) is 23.7 Å². The van der Waals surface area contributed by atoms with Gasteiger partial charge in [-0.25, -0.2) is 0 Å². The van der Waals surface area contributed by atoms with E-state index in [0.29, 0.717) is 26.3 Å². The molecule has 0 atom stereocenters. The van der Waals surface area contributed by atoms with Gasteiger partial charge in [0, 0.05) is 49.0 Å². The van der Waals surface area contributed by atoms with Crippen LogP contribution < -0.4 is 10.6 Å². The molecule has 0 aliphatic carbocycles. The number of nitrogens with one attached hydrogen (secondary N) is 2. The zero-order valence-electron chi connectivity index (χ0n) is 14.8. The molecule has 6 heteroatoms. The molecule has 0 unspecified atom stereocenters. The average molecular weight is 411 g/mol. The predicted octanol–water partition coefficient (Wildman–Crippen LogP) is 2.92. The van der Waals surface area contributed by atoms with Gasteiger partial charge in [-0.2, -0.15) is 0 Å². The third-order valence-electron chi connectivity index (χ3n) is 4.66. The Morgan fingerprint density at radius 1 is 1.16 bits per heavy atom. The summed E-state index contributed by atoms with van der Waals surface area (Å²) in [6, 6.07) is 8.26. The zero-order chi connectivity index (χ0) is 18.1. The molecule has 1 aliphatic rings. The topological polar surface area (TPSA) is 67.4 Å². The van der Waals surface area contributed by atoms with E-state index in [-0.39, 0.29) is 30.1 Å². The lowest BCUT2D eigenvalue weighted by atomic mass is 9.74. The highest BCUT2D eigenvalue weighted by molar-refractivity contribution is 9.10. The van der Waals surface area contributed by atoms with Crippen molar-refractivity contribution >= 4 is 27.7 Å². The summed E-state index contributed by atoms with van der Waals surface area (Å²) >= 11 is 3.53. The highest BCUT2D eigenvalue weighted by Gasteiger charge is 2.34. The molecule has 25 heavy (non-hydrogen) atoms. The number of rotatable bonds is 8. The maximum absolute atomic E-state index is 12.2. The normalized spacial score (nSPS) is 16.2. The fraction of sp³-hybridized carbons (Fsp3) is 0.579. The molecule has 138 valence electrons. The predicted molar refractivity (Wildman–Crippen MR) is 101 cm³/mol. The van der Waals surface area contributed by atoms with E-state index in [1.54, 1.807) is 0 Å². The first-order chi connectivity index (χ1) is 12.1. The van der Waals surface area contributed by atoms with E-state index < -0.39 is 0 Å². The van der Waals surface area contributed by atoms with Gasteiger partial charge in [-0.15, -0.1) is 0 Å². The van der Waals surface area contributed by atoms with Crippen LogP contribution in [0.15, 0.2) is 28.7 Å². The van der Waals surface area contributed by atoms with Gasteiger partial charge in [0.1, 0.15) is 0 Å². The smallest absolute Gasteiger partial charge is 0.220 e. The van der Waals surface area contributed by atoms with Gasteiger partial charge in [-0.05, 0) is 37.0 Å². The minimum Gasteiger partial charge on any atom is -0.381 e. The van der Waals surface area contributed by atoms with Gasteiger partial charge in [0.05, 0.1) is 0 Å². The molecule has 1 heterocycles. The van der Waals surface area contributed by atoms with Gasteiger partial charge >= 0.3 is 0 Å². The molecule has 2 rings (SSSR count). The number of hydrogen-bond acceptors (Lipinski definition) is 3. The Balaban J connectivity index is 1.92. The van der Waals surface area contributed by atoms with Crippen LogP contribution in [0.25, 0.3) is 0 Å². The van der Waals surface area contributed by atoms with Crippen LogP contribution in [0.4, 0.5) is 0 Å². The lowest BCUT2D eigenvalue weighted by molar-refractivity contribution is -0.126. The molecule has 1 aliphatic heterocycles. The van der Waals surface area contributed by atoms with Gasteiger partial charge in [0.25, 0.3) is 0 Å². The summed E-state index contributed by atoms with van der Waals surface area (Å²) in [6.07, 6.45) is 3.11. The quantitative estimate of drug-likeness (QED) is 0.691. The highest BCUT2D eigenvalue weighted by atomic mass is 79.9. The van der Waals surface area contributed by atoms with Crippen LogP contribution in [-0.2, 0) is 19.7 Å². The van der Waals surface area contributed by atoms with Crippen molar-refractivity contribution in [2.75, 3.05) is 26.3 Å².